The number of thioether (sulfide) groups is 2. The first-order valence-corrected chi connectivity index (χ1v) is 9.45. The lowest BCUT2D eigenvalue weighted by molar-refractivity contribution is 0.280. The molecule has 1 fully saturated rings. The lowest BCUT2D eigenvalue weighted by atomic mass is 9.93. The quantitative estimate of drug-likeness (QED) is 0.739. The molecular weight excluding hydrogens is 272 g/mol. The highest BCUT2D eigenvalue weighted by Crippen LogP contribution is 2.53. The van der Waals surface area contributed by atoms with Gasteiger partial charge in [-0.25, -0.2) is 0 Å². The van der Waals surface area contributed by atoms with E-state index in [4.69, 9.17) is 4.74 Å². The zero-order valence-corrected chi connectivity index (χ0v) is 13.3. The van der Waals surface area contributed by atoms with Crippen molar-refractivity contribution >= 4 is 23.5 Å². The van der Waals surface area contributed by atoms with Crippen molar-refractivity contribution in [2.45, 2.75) is 35.7 Å². The van der Waals surface area contributed by atoms with Crippen LogP contribution in [0.2, 0.25) is 0 Å². The highest BCUT2D eigenvalue weighted by Gasteiger charge is 2.37. The maximum absolute atomic E-state index is 5.86. The van der Waals surface area contributed by atoms with Gasteiger partial charge in [0.15, 0.2) is 0 Å². The normalized spacial score (nSPS) is 22.0. The van der Waals surface area contributed by atoms with E-state index in [9.17, 15) is 0 Å². The molecule has 0 amide bonds. The second-order valence-electron chi connectivity index (χ2n) is 5.29. The fourth-order valence-electron chi connectivity index (χ4n) is 3.22. The maximum Gasteiger partial charge on any atom is 0.124 e. The second kappa shape index (κ2) is 5.61. The van der Waals surface area contributed by atoms with E-state index >= 15 is 0 Å². The average Bonchev–Trinajstić information content (AvgIpc) is 3.00. The molecule has 0 aromatic heterocycles. The number of fused-ring (bicyclic) bond motifs is 1. The largest absolute Gasteiger partial charge is 0.493 e. The van der Waals surface area contributed by atoms with E-state index < -0.39 is 0 Å². The van der Waals surface area contributed by atoms with Crippen LogP contribution < -0.4 is 4.74 Å². The Bertz CT molecular complexity index is 448. The standard InChI is InChI=1S/C16H21OS2/c1-18-16(19-2)9-10-17-15-8-7-13(11-14(15)16)12-5-3-4-6-12/h5,7-8,11-12H,3-4,6,9-10H2,1-2H3. The third-order valence-corrected chi connectivity index (χ3v) is 7.53. The molecule has 1 radical (unpaired) electrons. The smallest absolute Gasteiger partial charge is 0.124 e. The average molecular weight is 293 g/mol. The van der Waals surface area contributed by atoms with Gasteiger partial charge in [0.1, 0.15) is 5.75 Å². The molecule has 3 heteroatoms. The summed E-state index contributed by atoms with van der Waals surface area (Å²) in [6.07, 6.45) is 11.9. The lowest BCUT2D eigenvalue weighted by Crippen LogP contribution is -2.26. The van der Waals surface area contributed by atoms with Gasteiger partial charge in [-0.15, -0.1) is 23.5 Å². The predicted octanol–water partition coefficient (Wildman–Crippen LogP) is 4.82. The summed E-state index contributed by atoms with van der Waals surface area (Å²) >= 11 is 3.92. The van der Waals surface area contributed by atoms with Crippen molar-refractivity contribution in [2.24, 2.45) is 0 Å². The molecule has 1 atom stereocenters. The summed E-state index contributed by atoms with van der Waals surface area (Å²) in [5.74, 6) is 1.75. The van der Waals surface area contributed by atoms with E-state index in [0.29, 0.717) is 5.92 Å². The molecule has 3 rings (SSSR count). The number of benzene rings is 1. The summed E-state index contributed by atoms with van der Waals surface area (Å²) in [5.41, 5.74) is 2.88. The highest BCUT2D eigenvalue weighted by molar-refractivity contribution is 8.16. The van der Waals surface area contributed by atoms with Gasteiger partial charge in [0.05, 0.1) is 10.7 Å². The number of hydrogen-bond acceptors (Lipinski definition) is 3. The van der Waals surface area contributed by atoms with Gasteiger partial charge in [0.2, 0.25) is 0 Å². The third kappa shape index (κ3) is 2.40. The van der Waals surface area contributed by atoms with Crippen LogP contribution in [0.4, 0.5) is 0 Å². The van der Waals surface area contributed by atoms with Crippen molar-refractivity contribution < 1.29 is 4.74 Å². The van der Waals surface area contributed by atoms with Crippen molar-refractivity contribution in [3.63, 3.8) is 0 Å². The summed E-state index contributed by atoms with van der Waals surface area (Å²) in [4.78, 5) is 0. The molecule has 0 N–H and O–H groups in total. The highest BCUT2D eigenvalue weighted by atomic mass is 32.2. The van der Waals surface area contributed by atoms with Crippen LogP contribution in [0.25, 0.3) is 0 Å². The zero-order valence-electron chi connectivity index (χ0n) is 11.6. The molecule has 19 heavy (non-hydrogen) atoms. The molecule has 1 aromatic carbocycles. The molecular formula is C16H21OS2. The summed E-state index contributed by atoms with van der Waals surface area (Å²) in [7, 11) is 0. The number of ether oxygens (including phenoxy) is 1. The van der Waals surface area contributed by atoms with Crippen LogP contribution in [0.1, 0.15) is 42.7 Å². The van der Waals surface area contributed by atoms with Crippen LogP contribution in [-0.4, -0.2) is 19.1 Å². The van der Waals surface area contributed by atoms with Gasteiger partial charge in [0.25, 0.3) is 0 Å². The first-order chi connectivity index (χ1) is 9.29. The Morgan fingerprint density at radius 1 is 1.26 bits per heavy atom. The van der Waals surface area contributed by atoms with Crippen LogP contribution in [0.5, 0.6) is 5.75 Å². The van der Waals surface area contributed by atoms with E-state index in [1.54, 1.807) is 0 Å². The minimum absolute atomic E-state index is 0.183. The van der Waals surface area contributed by atoms with Crippen molar-refractivity contribution in [1.82, 2.24) is 0 Å². The topological polar surface area (TPSA) is 9.23 Å². The minimum Gasteiger partial charge on any atom is -0.493 e. The Hall–Kier alpha value is -0.280. The van der Waals surface area contributed by atoms with Gasteiger partial charge in [-0.1, -0.05) is 12.5 Å². The molecule has 1 saturated carbocycles. The molecule has 2 aliphatic rings. The predicted molar refractivity (Wildman–Crippen MR) is 86.2 cm³/mol. The fraction of sp³-hybridized carbons (Fsp3) is 0.562. The Kier molecular flexibility index (Phi) is 4.04. The Balaban J connectivity index is 2.01. The monoisotopic (exact) mass is 293 g/mol. The van der Waals surface area contributed by atoms with Crippen molar-refractivity contribution in [3.8, 4) is 5.75 Å². The minimum atomic E-state index is 0.183. The van der Waals surface area contributed by atoms with Gasteiger partial charge in [-0.3, -0.25) is 0 Å². The molecule has 1 unspecified atom stereocenters. The summed E-state index contributed by atoms with van der Waals surface area (Å²) in [5, 5.41) is 0. The molecule has 1 aliphatic carbocycles. The van der Waals surface area contributed by atoms with Crippen LogP contribution in [0, 0.1) is 6.42 Å². The van der Waals surface area contributed by atoms with Crippen molar-refractivity contribution in [1.29, 1.82) is 0 Å². The van der Waals surface area contributed by atoms with Gasteiger partial charge in [-0.05, 0) is 55.4 Å². The Morgan fingerprint density at radius 2 is 2.11 bits per heavy atom. The van der Waals surface area contributed by atoms with Gasteiger partial charge in [-0.2, -0.15) is 0 Å². The molecule has 1 heterocycles. The summed E-state index contributed by atoms with van der Waals surface area (Å²) in [6, 6.07) is 6.87. The molecule has 1 aliphatic heterocycles. The first-order valence-electron chi connectivity index (χ1n) is 7.00. The van der Waals surface area contributed by atoms with Crippen molar-refractivity contribution in [3.05, 3.63) is 35.7 Å². The molecule has 1 aromatic rings. The Morgan fingerprint density at radius 3 is 2.79 bits per heavy atom. The van der Waals surface area contributed by atoms with E-state index in [-0.39, 0.29) is 4.08 Å². The fourth-order valence-corrected chi connectivity index (χ4v) is 5.22. The maximum atomic E-state index is 5.86. The SMILES string of the molecule is CSC1(SC)CCOc2ccc(C3[CH]CCC3)cc21. The molecule has 0 spiro atoms. The first kappa shape index (κ1) is 13.7. The molecule has 0 saturated heterocycles. The van der Waals surface area contributed by atoms with E-state index in [1.165, 1.54) is 30.4 Å². The lowest BCUT2D eigenvalue weighted by Gasteiger charge is -2.36. The molecule has 0 bridgehead atoms. The Labute approximate surface area is 124 Å². The second-order valence-corrected chi connectivity index (χ2v) is 7.76. The van der Waals surface area contributed by atoms with Crippen LogP contribution in [-0.2, 0) is 4.08 Å². The van der Waals surface area contributed by atoms with Crippen molar-refractivity contribution in [2.75, 3.05) is 19.1 Å². The third-order valence-electron chi connectivity index (χ3n) is 4.36. The van der Waals surface area contributed by atoms with Gasteiger partial charge in [0, 0.05) is 12.0 Å². The number of rotatable bonds is 3. The van der Waals surface area contributed by atoms with E-state index in [2.05, 4.69) is 37.1 Å². The van der Waals surface area contributed by atoms with Gasteiger partial charge >= 0.3 is 0 Å². The molecule has 1 nitrogen and oxygen atoms in total. The zero-order chi connectivity index (χ0) is 13.3. The van der Waals surface area contributed by atoms with Crippen LogP contribution >= 0.6 is 23.5 Å². The molecule has 103 valence electrons. The van der Waals surface area contributed by atoms with Crippen LogP contribution in [0.3, 0.4) is 0 Å². The number of hydrogen-bond donors (Lipinski definition) is 0. The van der Waals surface area contributed by atoms with E-state index in [1.807, 2.05) is 23.5 Å². The summed E-state index contributed by atoms with van der Waals surface area (Å²) in [6.45, 7) is 0.837. The van der Waals surface area contributed by atoms with E-state index in [0.717, 1.165) is 18.8 Å². The summed E-state index contributed by atoms with van der Waals surface area (Å²) < 4.78 is 6.05. The van der Waals surface area contributed by atoms with Gasteiger partial charge < -0.3 is 4.74 Å². The van der Waals surface area contributed by atoms with Crippen LogP contribution in [0.15, 0.2) is 18.2 Å².